The topological polar surface area (TPSA) is 66.2 Å². The Labute approximate surface area is 51.1 Å². The maximum Gasteiger partial charge on any atom is 0.419 e. The average molecular weight is 129 g/mol. The molecule has 1 aromatic heterocycles. The highest BCUT2D eigenvalue weighted by Gasteiger charge is 2.03. The molecule has 0 amide bonds. The van der Waals surface area contributed by atoms with Crippen LogP contribution in [0.5, 0.6) is 5.95 Å². The minimum Gasteiger partial charge on any atom is -0.479 e. The van der Waals surface area contributed by atoms with Gasteiger partial charge in [-0.3, -0.25) is 4.98 Å². The monoisotopic (exact) mass is 129 g/mol. The van der Waals surface area contributed by atoms with E-state index in [2.05, 4.69) is 9.40 Å². The zero-order chi connectivity index (χ0) is 6.85. The summed E-state index contributed by atoms with van der Waals surface area (Å²) in [6.07, 6.45) is 0.567. The van der Waals surface area contributed by atoms with E-state index in [4.69, 9.17) is 5.11 Å². The number of aromatic hydroxyl groups is 1. The summed E-state index contributed by atoms with van der Waals surface area (Å²) < 4.78 is 4.25. The van der Waals surface area contributed by atoms with Crippen LogP contribution in [-0.2, 0) is 6.42 Å². The Hall–Kier alpha value is -1.19. The van der Waals surface area contributed by atoms with E-state index < -0.39 is 5.76 Å². The highest BCUT2D eigenvalue weighted by atomic mass is 16.5. The van der Waals surface area contributed by atoms with Gasteiger partial charge in [0.15, 0.2) is 0 Å². The fraction of sp³-hybridized carbons (Fsp3) is 0.400. The van der Waals surface area contributed by atoms with Crippen molar-refractivity contribution in [2.45, 2.75) is 13.3 Å². The molecule has 0 fully saturated rings. The van der Waals surface area contributed by atoms with Crippen molar-refractivity contribution in [3.63, 3.8) is 0 Å². The van der Waals surface area contributed by atoms with Crippen LogP contribution in [0.4, 0.5) is 0 Å². The van der Waals surface area contributed by atoms with Crippen LogP contribution < -0.4 is 5.76 Å². The van der Waals surface area contributed by atoms with Crippen LogP contribution in [0.1, 0.15) is 12.6 Å². The molecule has 0 spiro atoms. The van der Waals surface area contributed by atoms with Crippen LogP contribution in [0.2, 0.25) is 0 Å². The minimum atomic E-state index is -0.607. The van der Waals surface area contributed by atoms with Crippen LogP contribution >= 0.6 is 0 Å². The fourth-order valence-electron chi connectivity index (χ4n) is 0.591. The standard InChI is InChI=1S/C5H7NO3/c1-2-3-4(7)9-5(8)6-3/h7H,2H2,1H3,(H,6,8). The number of hydrogen-bond acceptors (Lipinski definition) is 3. The maximum absolute atomic E-state index is 10.3. The molecule has 2 N–H and O–H groups in total. The lowest BCUT2D eigenvalue weighted by Gasteiger charge is -1.83. The second kappa shape index (κ2) is 1.97. The van der Waals surface area contributed by atoms with E-state index in [1.807, 2.05) is 0 Å². The van der Waals surface area contributed by atoms with Crippen LogP contribution in [0.15, 0.2) is 9.21 Å². The zero-order valence-electron chi connectivity index (χ0n) is 4.97. The molecule has 4 nitrogen and oxygen atoms in total. The third-order valence-electron chi connectivity index (χ3n) is 1.05. The molecule has 0 aliphatic carbocycles. The molecular weight excluding hydrogens is 122 g/mol. The number of aromatic amines is 1. The second-order valence-electron chi connectivity index (χ2n) is 1.65. The molecule has 0 radical (unpaired) electrons. The van der Waals surface area contributed by atoms with Crippen molar-refractivity contribution in [2.24, 2.45) is 0 Å². The Morgan fingerprint density at radius 3 is 2.67 bits per heavy atom. The predicted molar refractivity (Wildman–Crippen MR) is 30.4 cm³/mol. The van der Waals surface area contributed by atoms with Crippen molar-refractivity contribution in [1.29, 1.82) is 0 Å². The smallest absolute Gasteiger partial charge is 0.419 e. The van der Waals surface area contributed by atoms with Crippen molar-refractivity contribution in [2.75, 3.05) is 0 Å². The number of rotatable bonds is 1. The lowest BCUT2D eigenvalue weighted by atomic mass is 10.4. The average Bonchev–Trinajstić information content (AvgIpc) is 2.10. The van der Waals surface area contributed by atoms with E-state index in [0.29, 0.717) is 12.1 Å². The van der Waals surface area contributed by atoms with E-state index in [1.54, 1.807) is 6.92 Å². The lowest BCUT2D eigenvalue weighted by molar-refractivity contribution is 0.316. The second-order valence-corrected chi connectivity index (χ2v) is 1.65. The predicted octanol–water partition coefficient (Wildman–Crippen LogP) is 0.236. The minimum absolute atomic E-state index is 0.303. The van der Waals surface area contributed by atoms with Crippen molar-refractivity contribution >= 4 is 0 Å². The van der Waals surface area contributed by atoms with Crippen LogP contribution in [0.3, 0.4) is 0 Å². The van der Waals surface area contributed by atoms with Gasteiger partial charge in [-0.05, 0) is 6.42 Å². The molecule has 1 rings (SSSR count). The Kier molecular flexibility index (Phi) is 1.30. The summed E-state index contributed by atoms with van der Waals surface area (Å²) in [7, 11) is 0. The molecular formula is C5H7NO3. The van der Waals surface area contributed by atoms with Gasteiger partial charge in [-0.15, -0.1) is 0 Å². The largest absolute Gasteiger partial charge is 0.479 e. The van der Waals surface area contributed by atoms with Gasteiger partial charge in [0.25, 0.3) is 0 Å². The first-order valence-electron chi connectivity index (χ1n) is 2.65. The van der Waals surface area contributed by atoms with Gasteiger partial charge in [0.1, 0.15) is 5.69 Å². The summed E-state index contributed by atoms with van der Waals surface area (Å²) in [5, 5.41) is 8.73. The summed E-state index contributed by atoms with van der Waals surface area (Å²) in [6.45, 7) is 1.81. The number of H-pyrrole nitrogens is 1. The Bertz CT molecular complexity index is 247. The molecule has 0 aliphatic rings. The molecule has 0 saturated heterocycles. The molecule has 4 heteroatoms. The summed E-state index contributed by atoms with van der Waals surface area (Å²) >= 11 is 0. The third kappa shape index (κ3) is 0.960. The Balaban J connectivity index is 3.16. The summed E-state index contributed by atoms with van der Waals surface area (Å²) in [4.78, 5) is 12.6. The summed E-state index contributed by atoms with van der Waals surface area (Å²) in [6, 6.07) is 0. The maximum atomic E-state index is 10.3. The van der Waals surface area contributed by atoms with Gasteiger partial charge in [-0.2, -0.15) is 0 Å². The highest BCUT2D eigenvalue weighted by Crippen LogP contribution is 2.10. The summed E-state index contributed by atoms with van der Waals surface area (Å²) in [5.41, 5.74) is 0.444. The first-order valence-corrected chi connectivity index (χ1v) is 2.65. The molecule has 0 aliphatic heterocycles. The molecule has 0 atom stereocenters. The molecule has 0 unspecified atom stereocenters. The highest BCUT2D eigenvalue weighted by molar-refractivity contribution is 5.10. The first-order chi connectivity index (χ1) is 4.24. The molecule has 0 saturated carbocycles. The van der Waals surface area contributed by atoms with E-state index in [-0.39, 0.29) is 5.95 Å². The van der Waals surface area contributed by atoms with E-state index in [0.717, 1.165) is 0 Å². The van der Waals surface area contributed by atoms with Crippen molar-refractivity contribution in [3.8, 4) is 5.95 Å². The van der Waals surface area contributed by atoms with E-state index in [1.165, 1.54) is 0 Å². The quantitative estimate of drug-likeness (QED) is 0.570. The van der Waals surface area contributed by atoms with Crippen LogP contribution in [0.25, 0.3) is 0 Å². The van der Waals surface area contributed by atoms with Gasteiger partial charge in [-0.1, -0.05) is 6.92 Å². The van der Waals surface area contributed by atoms with E-state index >= 15 is 0 Å². The Morgan fingerprint density at radius 1 is 1.78 bits per heavy atom. The fourth-order valence-corrected chi connectivity index (χ4v) is 0.591. The third-order valence-corrected chi connectivity index (χ3v) is 1.05. The SMILES string of the molecule is CCc1[nH]c(=O)oc1O. The lowest BCUT2D eigenvalue weighted by Crippen LogP contribution is -1.95. The molecule has 50 valence electrons. The van der Waals surface area contributed by atoms with E-state index in [9.17, 15) is 4.79 Å². The van der Waals surface area contributed by atoms with Gasteiger partial charge in [0, 0.05) is 0 Å². The van der Waals surface area contributed by atoms with Gasteiger partial charge in [0.2, 0.25) is 0 Å². The molecule has 1 heterocycles. The molecule has 9 heavy (non-hydrogen) atoms. The molecule has 0 bridgehead atoms. The van der Waals surface area contributed by atoms with Crippen LogP contribution in [-0.4, -0.2) is 10.1 Å². The van der Waals surface area contributed by atoms with Crippen molar-refractivity contribution in [1.82, 2.24) is 4.98 Å². The number of hydrogen-bond donors (Lipinski definition) is 2. The first kappa shape index (κ1) is 5.94. The number of oxazole rings is 1. The molecule has 0 aromatic carbocycles. The van der Waals surface area contributed by atoms with Gasteiger partial charge in [0.05, 0.1) is 0 Å². The van der Waals surface area contributed by atoms with Gasteiger partial charge < -0.3 is 9.52 Å². The molecule has 1 aromatic rings. The Morgan fingerprint density at radius 2 is 2.44 bits per heavy atom. The zero-order valence-corrected chi connectivity index (χ0v) is 4.97. The van der Waals surface area contributed by atoms with Crippen LogP contribution in [0, 0.1) is 0 Å². The van der Waals surface area contributed by atoms with Gasteiger partial charge >= 0.3 is 11.7 Å². The normalized spacial score (nSPS) is 9.89. The summed E-state index contributed by atoms with van der Waals surface area (Å²) in [5.74, 6) is -0.910. The van der Waals surface area contributed by atoms with Gasteiger partial charge in [-0.25, -0.2) is 4.79 Å². The van der Waals surface area contributed by atoms with Crippen molar-refractivity contribution in [3.05, 3.63) is 16.2 Å². The number of nitrogens with one attached hydrogen (secondary N) is 1. The number of aryl methyl sites for hydroxylation is 1. The van der Waals surface area contributed by atoms with Crippen molar-refractivity contribution < 1.29 is 9.52 Å². The number of aromatic nitrogens is 1.